The molecule has 8 nitrogen and oxygen atoms in total. The molecule has 3 aromatic rings. The molecule has 3 saturated heterocycles. The Morgan fingerprint density at radius 2 is 1.49 bits per heavy atom. The lowest BCUT2D eigenvalue weighted by Gasteiger charge is -2.37. The van der Waals surface area contributed by atoms with Gasteiger partial charge >= 0.3 is 6.03 Å². The summed E-state index contributed by atoms with van der Waals surface area (Å²) in [6, 6.07) is 22.3. The summed E-state index contributed by atoms with van der Waals surface area (Å²) in [5.74, 6) is 0.794. The fraction of sp³-hybridized carbons (Fsp3) is 0.424. The molecule has 228 valence electrons. The van der Waals surface area contributed by atoms with Crippen molar-refractivity contribution in [2.75, 3.05) is 67.2 Å². The number of anilines is 3. The van der Waals surface area contributed by atoms with Crippen LogP contribution in [-0.2, 0) is 9.47 Å². The Bertz CT molecular complexity index is 1400. The van der Waals surface area contributed by atoms with Crippen molar-refractivity contribution in [2.24, 2.45) is 0 Å². The fourth-order valence-electron chi connectivity index (χ4n) is 5.82. The first-order chi connectivity index (χ1) is 20.9. The molecule has 0 saturated carbocycles. The number of carbonyl (C=O) groups is 1. The number of hydrogen-bond donors (Lipinski definition) is 0. The lowest BCUT2D eigenvalue weighted by atomic mass is 10.2. The van der Waals surface area contributed by atoms with Crippen molar-refractivity contribution in [1.82, 2.24) is 4.90 Å². The molecule has 0 spiro atoms. The van der Waals surface area contributed by atoms with Gasteiger partial charge in [0, 0.05) is 73.0 Å². The zero-order valence-corrected chi connectivity index (χ0v) is 26.1. The molecule has 0 aromatic heterocycles. The van der Waals surface area contributed by atoms with Crippen LogP contribution in [0, 0.1) is 0 Å². The molecule has 6 rings (SSSR count). The summed E-state index contributed by atoms with van der Waals surface area (Å²) < 4.78 is 17.8. The highest BCUT2D eigenvalue weighted by Gasteiger charge is 2.32. The third-order valence-corrected chi connectivity index (χ3v) is 9.14. The van der Waals surface area contributed by atoms with Gasteiger partial charge in [-0.2, -0.15) is 0 Å². The first-order valence-corrected chi connectivity index (χ1v) is 15.8. The van der Waals surface area contributed by atoms with Crippen LogP contribution in [0.3, 0.4) is 0 Å². The Hall–Kier alpha value is -3.17. The van der Waals surface area contributed by atoms with Gasteiger partial charge in [0.05, 0.1) is 11.6 Å². The second-order valence-corrected chi connectivity index (χ2v) is 12.1. The highest BCUT2D eigenvalue weighted by Crippen LogP contribution is 2.34. The SMILES string of the molecule is CCC(C)N1CCN(c2ccc(N3CCN(c4ccc(OC[C@@H]5CO[C@@H](c6ccc(Cl)cc6Cl)O5)cc4)CC3)cc2)C1=O. The highest BCUT2D eigenvalue weighted by molar-refractivity contribution is 6.35. The van der Waals surface area contributed by atoms with E-state index in [1.807, 2.05) is 28.0 Å². The molecular weight excluding hydrogens is 587 g/mol. The van der Waals surface area contributed by atoms with E-state index in [1.165, 1.54) is 11.4 Å². The molecule has 3 aromatic carbocycles. The van der Waals surface area contributed by atoms with Crippen molar-refractivity contribution >= 4 is 46.3 Å². The lowest BCUT2D eigenvalue weighted by Crippen LogP contribution is -2.46. The van der Waals surface area contributed by atoms with E-state index in [0.717, 1.165) is 62.7 Å². The molecule has 3 atom stereocenters. The molecule has 2 amide bonds. The number of carbonyl (C=O) groups excluding carboxylic acids is 1. The van der Waals surface area contributed by atoms with Gasteiger partial charge in [0.2, 0.25) is 0 Å². The van der Waals surface area contributed by atoms with E-state index in [0.29, 0.717) is 23.3 Å². The van der Waals surface area contributed by atoms with Gasteiger partial charge in [-0.15, -0.1) is 0 Å². The summed E-state index contributed by atoms with van der Waals surface area (Å²) >= 11 is 12.3. The molecule has 0 aliphatic carbocycles. The van der Waals surface area contributed by atoms with Crippen molar-refractivity contribution < 1.29 is 19.0 Å². The molecule has 3 fully saturated rings. The first-order valence-electron chi connectivity index (χ1n) is 15.0. The van der Waals surface area contributed by atoms with Crippen molar-refractivity contribution in [3.63, 3.8) is 0 Å². The van der Waals surface area contributed by atoms with Crippen LogP contribution < -0.4 is 19.4 Å². The Morgan fingerprint density at radius 3 is 2.12 bits per heavy atom. The zero-order valence-electron chi connectivity index (χ0n) is 24.6. The molecule has 0 bridgehead atoms. The quantitative estimate of drug-likeness (QED) is 0.259. The number of piperazine rings is 1. The molecule has 0 radical (unpaired) electrons. The van der Waals surface area contributed by atoms with E-state index in [1.54, 1.807) is 12.1 Å². The van der Waals surface area contributed by atoms with Gasteiger partial charge < -0.3 is 28.9 Å². The number of nitrogens with zero attached hydrogens (tertiary/aromatic N) is 4. The number of hydrogen-bond acceptors (Lipinski definition) is 6. The van der Waals surface area contributed by atoms with Crippen LogP contribution in [0.5, 0.6) is 5.75 Å². The largest absolute Gasteiger partial charge is 0.491 e. The van der Waals surface area contributed by atoms with Gasteiger partial charge in [0.15, 0.2) is 6.29 Å². The third-order valence-electron chi connectivity index (χ3n) is 8.57. The van der Waals surface area contributed by atoms with Crippen LogP contribution in [0.1, 0.15) is 32.1 Å². The maximum atomic E-state index is 12.9. The predicted octanol–water partition coefficient (Wildman–Crippen LogP) is 6.85. The van der Waals surface area contributed by atoms with Crippen molar-refractivity contribution in [2.45, 2.75) is 38.7 Å². The van der Waals surface area contributed by atoms with Gasteiger partial charge in [-0.05, 0) is 74.0 Å². The molecule has 3 aliphatic rings. The number of benzene rings is 3. The smallest absolute Gasteiger partial charge is 0.324 e. The number of amides is 2. The van der Waals surface area contributed by atoms with Crippen LogP contribution in [0.25, 0.3) is 0 Å². The number of rotatable bonds is 9. The van der Waals surface area contributed by atoms with Crippen LogP contribution in [0.4, 0.5) is 21.9 Å². The normalized spacial score (nSPS) is 21.5. The maximum absolute atomic E-state index is 12.9. The zero-order chi connectivity index (χ0) is 29.9. The maximum Gasteiger partial charge on any atom is 0.324 e. The Kier molecular flexibility index (Phi) is 9.19. The summed E-state index contributed by atoms with van der Waals surface area (Å²) in [6.07, 6.45) is 0.262. The molecule has 0 N–H and O–H groups in total. The van der Waals surface area contributed by atoms with Crippen LogP contribution in [-0.4, -0.2) is 75.6 Å². The number of ether oxygens (including phenoxy) is 3. The van der Waals surface area contributed by atoms with E-state index >= 15 is 0 Å². The van der Waals surface area contributed by atoms with E-state index < -0.39 is 6.29 Å². The molecular formula is C33H38Cl2N4O4. The van der Waals surface area contributed by atoms with Crippen LogP contribution in [0.2, 0.25) is 10.0 Å². The fourth-order valence-corrected chi connectivity index (χ4v) is 6.32. The average Bonchev–Trinajstić information content (AvgIpc) is 3.67. The minimum Gasteiger partial charge on any atom is -0.491 e. The van der Waals surface area contributed by atoms with Gasteiger partial charge in [-0.1, -0.05) is 36.2 Å². The van der Waals surface area contributed by atoms with E-state index in [9.17, 15) is 4.79 Å². The molecule has 3 heterocycles. The standard InChI is InChI=1S/C33H38Cl2N4O4/c1-3-23(2)38-18-19-39(33(38)40)27-7-5-25(6-8-27)36-14-16-37(17-15-36)26-9-11-28(12-10-26)41-21-29-22-42-32(43-29)30-13-4-24(34)20-31(30)35/h4-13,20,23,29,32H,3,14-19,21-22H2,1-2H3/t23?,29-,32-/m1/s1. The number of halogens is 2. The first kappa shape index (κ1) is 29.9. The highest BCUT2D eigenvalue weighted by atomic mass is 35.5. The van der Waals surface area contributed by atoms with E-state index in [2.05, 4.69) is 60.0 Å². The Morgan fingerprint density at radius 1 is 0.860 bits per heavy atom. The second-order valence-electron chi connectivity index (χ2n) is 11.3. The second kappa shape index (κ2) is 13.2. The topological polar surface area (TPSA) is 57.7 Å². The summed E-state index contributed by atoms with van der Waals surface area (Å²) in [7, 11) is 0. The van der Waals surface area contributed by atoms with Gasteiger partial charge in [-0.25, -0.2) is 4.79 Å². The van der Waals surface area contributed by atoms with Gasteiger partial charge in [-0.3, -0.25) is 4.90 Å². The summed E-state index contributed by atoms with van der Waals surface area (Å²) in [5, 5.41) is 1.10. The summed E-state index contributed by atoms with van der Waals surface area (Å²) in [6.45, 7) is 10.3. The number of urea groups is 1. The molecule has 10 heteroatoms. The minimum atomic E-state index is -0.521. The molecule has 43 heavy (non-hydrogen) atoms. The van der Waals surface area contributed by atoms with Crippen LogP contribution in [0.15, 0.2) is 66.7 Å². The summed E-state index contributed by atoms with van der Waals surface area (Å²) in [4.78, 5) is 21.5. The van der Waals surface area contributed by atoms with Crippen molar-refractivity contribution in [1.29, 1.82) is 0 Å². The summed E-state index contributed by atoms with van der Waals surface area (Å²) in [5.41, 5.74) is 4.11. The molecule has 1 unspecified atom stereocenters. The average molecular weight is 626 g/mol. The monoisotopic (exact) mass is 624 g/mol. The Labute approximate surface area is 263 Å². The van der Waals surface area contributed by atoms with Crippen molar-refractivity contribution in [3.05, 3.63) is 82.3 Å². The third kappa shape index (κ3) is 6.68. The molecule has 3 aliphatic heterocycles. The Balaban J connectivity index is 0.960. The van der Waals surface area contributed by atoms with E-state index in [4.69, 9.17) is 37.4 Å². The predicted molar refractivity (Wildman–Crippen MR) is 172 cm³/mol. The minimum absolute atomic E-state index is 0.112. The van der Waals surface area contributed by atoms with E-state index in [-0.39, 0.29) is 18.2 Å². The van der Waals surface area contributed by atoms with Crippen molar-refractivity contribution in [3.8, 4) is 5.75 Å². The van der Waals surface area contributed by atoms with Gasteiger partial charge in [0.25, 0.3) is 0 Å². The van der Waals surface area contributed by atoms with Gasteiger partial charge in [0.1, 0.15) is 18.5 Å². The lowest BCUT2D eigenvalue weighted by molar-refractivity contribution is -0.0658. The van der Waals surface area contributed by atoms with Crippen LogP contribution >= 0.6 is 23.2 Å².